The second-order valence-electron chi connectivity index (χ2n) is 5.63. The fraction of sp³-hybridized carbons (Fsp3) is 0.0526. The molecule has 2 amide bonds. The largest absolute Gasteiger partial charge is 0.454 e. The van der Waals surface area contributed by atoms with Crippen LogP contribution in [0.4, 0.5) is 5.69 Å². The molecule has 1 aromatic heterocycles. The number of ether oxygens (including phenoxy) is 2. The maximum Gasteiger partial charge on any atom is 0.284 e. The van der Waals surface area contributed by atoms with E-state index < -0.39 is 5.91 Å². The Kier molecular flexibility index (Phi) is 3.81. The highest BCUT2D eigenvalue weighted by Gasteiger charge is 2.16. The first-order chi connectivity index (χ1) is 12.6. The van der Waals surface area contributed by atoms with Gasteiger partial charge in [0.1, 0.15) is 5.76 Å². The van der Waals surface area contributed by atoms with E-state index in [0.29, 0.717) is 28.5 Å². The van der Waals surface area contributed by atoms with Crippen LogP contribution in [0.3, 0.4) is 0 Å². The Labute approximate surface area is 148 Å². The minimum absolute atomic E-state index is 0.0974. The first kappa shape index (κ1) is 15.8. The number of furan rings is 1. The third-order valence-electron chi connectivity index (χ3n) is 3.91. The molecule has 3 N–H and O–H groups in total. The van der Waals surface area contributed by atoms with Gasteiger partial charge in [0, 0.05) is 16.8 Å². The quantitative estimate of drug-likeness (QED) is 0.753. The Morgan fingerprint density at radius 3 is 2.42 bits per heavy atom. The third kappa shape index (κ3) is 2.98. The molecule has 3 aromatic rings. The van der Waals surface area contributed by atoms with Gasteiger partial charge in [0.2, 0.25) is 6.79 Å². The second-order valence-corrected chi connectivity index (χ2v) is 5.63. The van der Waals surface area contributed by atoms with Gasteiger partial charge in [-0.15, -0.1) is 0 Å². The smallest absolute Gasteiger partial charge is 0.284 e. The maximum atomic E-state index is 12.4. The second kappa shape index (κ2) is 6.29. The summed E-state index contributed by atoms with van der Waals surface area (Å²) in [7, 11) is 0. The van der Waals surface area contributed by atoms with Crippen molar-refractivity contribution in [2.24, 2.45) is 5.73 Å². The fourth-order valence-electron chi connectivity index (χ4n) is 2.58. The van der Waals surface area contributed by atoms with E-state index in [4.69, 9.17) is 19.6 Å². The summed E-state index contributed by atoms with van der Waals surface area (Å²) in [5, 5.41) is 2.81. The fourth-order valence-corrected chi connectivity index (χ4v) is 2.58. The van der Waals surface area contributed by atoms with Crippen molar-refractivity contribution in [2.75, 3.05) is 12.1 Å². The summed E-state index contributed by atoms with van der Waals surface area (Å²) in [6.45, 7) is 0.159. The first-order valence-corrected chi connectivity index (χ1v) is 7.81. The SMILES string of the molecule is NC(=O)c1ccc(-c2ccc(NC(=O)c3ccc4c(c3)OCO4)cc2)o1. The summed E-state index contributed by atoms with van der Waals surface area (Å²) in [5.41, 5.74) is 7.03. The zero-order chi connectivity index (χ0) is 18.1. The van der Waals surface area contributed by atoms with Crippen LogP contribution in [0.15, 0.2) is 59.0 Å². The van der Waals surface area contributed by atoms with Crippen molar-refractivity contribution in [2.45, 2.75) is 0 Å². The van der Waals surface area contributed by atoms with Crippen molar-refractivity contribution in [3.05, 3.63) is 65.9 Å². The number of fused-ring (bicyclic) bond motifs is 1. The van der Waals surface area contributed by atoms with E-state index in [0.717, 1.165) is 5.56 Å². The molecular weight excluding hydrogens is 336 g/mol. The van der Waals surface area contributed by atoms with E-state index in [9.17, 15) is 9.59 Å². The lowest BCUT2D eigenvalue weighted by atomic mass is 10.1. The number of carbonyl (C=O) groups is 2. The van der Waals surface area contributed by atoms with E-state index >= 15 is 0 Å². The highest BCUT2D eigenvalue weighted by atomic mass is 16.7. The molecule has 7 heteroatoms. The molecule has 0 saturated carbocycles. The Hall–Kier alpha value is -3.74. The molecule has 0 aliphatic carbocycles. The van der Waals surface area contributed by atoms with Crippen LogP contribution in [0, 0.1) is 0 Å². The Morgan fingerprint density at radius 1 is 0.923 bits per heavy atom. The van der Waals surface area contributed by atoms with Crippen LogP contribution >= 0.6 is 0 Å². The molecule has 26 heavy (non-hydrogen) atoms. The lowest BCUT2D eigenvalue weighted by molar-refractivity contribution is 0.0973. The Bertz CT molecular complexity index is 991. The molecule has 2 aromatic carbocycles. The van der Waals surface area contributed by atoms with Gasteiger partial charge < -0.3 is 24.9 Å². The minimum Gasteiger partial charge on any atom is -0.454 e. The number of rotatable bonds is 4. The number of benzene rings is 2. The molecule has 0 saturated heterocycles. The summed E-state index contributed by atoms with van der Waals surface area (Å²) < 4.78 is 15.9. The normalized spacial score (nSPS) is 12.0. The molecule has 2 heterocycles. The van der Waals surface area contributed by atoms with Gasteiger partial charge in [-0.25, -0.2) is 0 Å². The van der Waals surface area contributed by atoms with Gasteiger partial charge in [0.05, 0.1) is 0 Å². The van der Waals surface area contributed by atoms with Crippen LogP contribution < -0.4 is 20.5 Å². The molecule has 0 spiro atoms. The zero-order valence-corrected chi connectivity index (χ0v) is 13.5. The van der Waals surface area contributed by atoms with E-state index in [-0.39, 0.29) is 18.5 Å². The molecule has 130 valence electrons. The number of hydrogen-bond donors (Lipinski definition) is 2. The molecule has 0 fully saturated rings. The van der Waals surface area contributed by atoms with E-state index in [1.807, 2.05) is 0 Å². The number of hydrogen-bond acceptors (Lipinski definition) is 5. The van der Waals surface area contributed by atoms with Gasteiger partial charge in [0.15, 0.2) is 17.3 Å². The number of nitrogens with two attached hydrogens (primary N) is 1. The van der Waals surface area contributed by atoms with Crippen molar-refractivity contribution in [3.63, 3.8) is 0 Å². The van der Waals surface area contributed by atoms with Crippen LogP contribution in [0.25, 0.3) is 11.3 Å². The number of carbonyl (C=O) groups excluding carboxylic acids is 2. The standard InChI is InChI=1S/C19H14N2O5/c20-18(22)16-8-7-14(26-16)11-1-4-13(5-2-11)21-19(23)12-3-6-15-17(9-12)25-10-24-15/h1-9H,10H2,(H2,20,22)(H,21,23). The van der Waals surface area contributed by atoms with Crippen molar-refractivity contribution < 1.29 is 23.5 Å². The maximum absolute atomic E-state index is 12.4. The molecule has 1 aliphatic heterocycles. The molecule has 0 bridgehead atoms. The van der Waals surface area contributed by atoms with E-state index in [1.54, 1.807) is 48.5 Å². The summed E-state index contributed by atoms with van der Waals surface area (Å²) >= 11 is 0. The molecule has 4 rings (SSSR count). The topological polar surface area (TPSA) is 104 Å². The van der Waals surface area contributed by atoms with Crippen molar-refractivity contribution in [1.82, 2.24) is 0 Å². The number of amides is 2. The molecule has 1 aliphatic rings. The molecule has 0 atom stereocenters. The van der Waals surface area contributed by atoms with Crippen LogP contribution in [0.5, 0.6) is 11.5 Å². The van der Waals surface area contributed by atoms with Crippen molar-refractivity contribution >= 4 is 17.5 Å². The monoisotopic (exact) mass is 350 g/mol. The highest BCUT2D eigenvalue weighted by molar-refractivity contribution is 6.04. The van der Waals surface area contributed by atoms with E-state index in [1.165, 1.54) is 6.07 Å². The molecular formula is C19H14N2O5. The lowest BCUT2D eigenvalue weighted by Crippen LogP contribution is -2.11. The number of nitrogens with one attached hydrogen (secondary N) is 1. The van der Waals surface area contributed by atoms with Crippen LogP contribution in [0.1, 0.15) is 20.9 Å². The van der Waals surface area contributed by atoms with Gasteiger partial charge >= 0.3 is 0 Å². The van der Waals surface area contributed by atoms with Crippen LogP contribution in [-0.2, 0) is 0 Å². The third-order valence-corrected chi connectivity index (χ3v) is 3.91. The van der Waals surface area contributed by atoms with Crippen molar-refractivity contribution in [1.29, 1.82) is 0 Å². The van der Waals surface area contributed by atoms with Gasteiger partial charge in [-0.3, -0.25) is 9.59 Å². The van der Waals surface area contributed by atoms with Crippen LogP contribution in [0.2, 0.25) is 0 Å². The molecule has 0 radical (unpaired) electrons. The van der Waals surface area contributed by atoms with Crippen LogP contribution in [-0.4, -0.2) is 18.6 Å². The average Bonchev–Trinajstić information content (AvgIpc) is 3.31. The molecule has 7 nitrogen and oxygen atoms in total. The average molecular weight is 350 g/mol. The summed E-state index contributed by atoms with van der Waals surface area (Å²) in [5.74, 6) is 0.914. The first-order valence-electron chi connectivity index (χ1n) is 7.81. The number of anilines is 1. The summed E-state index contributed by atoms with van der Waals surface area (Å²) in [4.78, 5) is 23.5. The Morgan fingerprint density at radius 2 is 1.69 bits per heavy atom. The van der Waals surface area contributed by atoms with Gasteiger partial charge in [-0.2, -0.15) is 0 Å². The summed E-state index contributed by atoms with van der Waals surface area (Å²) in [6, 6.07) is 15.2. The van der Waals surface area contributed by atoms with Crippen molar-refractivity contribution in [3.8, 4) is 22.8 Å². The zero-order valence-electron chi connectivity index (χ0n) is 13.5. The van der Waals surface area contributed by atoms with Gasteiger partial charge in [-0.05, 0) is 54.6 Å². The predicted octanol–water partition coefficient (Wildman–Crippen LogP) is 3.03. The predicted molar refractivity (Wildman–Crippen MR) is 93.2 cm³/mol. The number of primary amides is 1. The lowest BCUT2D eigenvalue weighted by Gasteiger charge is -2.07. The van der Waals surface area contributed by atoms with Gasteiger partial charge in [-0.1, -0.05) is 0 Å². The van der Waals surface area contributed by atoms with E-state index in [2.05, 4.69) is 5.32 Å². The Balaban J connectivity index is 1.48. The minimum atomic E-state index is -0.621. The molecule has 0 unspecified atom stereocenters. The van der Waals surface area contributed by atoms with Gasteiger partial charge in [0.25, 0.3) is 11.8 Å². The highest BCUT2D eigenvalue weighted by Crippen LogP contribution is 2.32. The summed E-state index contributed by atoms with van der Waals surface area (Å²) in [6.07, 6.45) is 0.